The summed E-state index contributed by atoms with van der Waals surface area (Å²) in [6.45, 7) is 0.954. The highest BCUT2D eigenvalue weighted by Gasteiger charge is 2.24. The number of fused-ring (bicyclic) bond motifs is 1. The van der Waals surface area contributed by atoms with Crippen LogP contribution in [0.2, 0.25) is 0 Å². The molecule has 128 valence electrons. The molecule has 0 saturated carbocycles. The number of carbonyl (C=O) groups excluding carboxylic acids is 1. The van der Waals surface area contributed by atoms with Crippen LogP contribution in [0.1, 0.15) is 27.4 Å². The number of rotatable bonds is 2. The van der Waals surface area contributed by atoms with Crippen molar-refractivity contribution in [3.8, 4) is 17.3 Å². The topological polar surface area (TPSA) is 85.7 Å². The molecule has 1 aromatic carbocycles. The molecular formula is C19H14FN5O. The molecule has 0 bridgehead atoms. The van der Waals surface area contributed by atoms with Crippen LogP contribution in [0, 0.1) is 17.1 Å². The van der Waals surface area contributed by atoms with E-state index in [2.05, 4.69) is 15.2 Å². The van der Waals surface area contributed by atoms with Gasteiger partial charge in [0.25, 0.3) is 5.91 Å². The molecule has 0 atom stereocenters. The van der Waals surface area contributed by atoms with Crippen LogP contribution < -0.4 is 0 Å². The fourth-order valence-electron chi connectivity index (χ4n) is 3.02. The number of halogens is 1. The fraction of sp³-hybridized carbons (Fsp3) is 0.158. The molecule has 2 aromatic heterocycles. The molecule has 4 rings (SSSR count). The van der Waals surface area contributed by atoms with E-state index in [1.165, 1.54) is 12.1 Å². The number of nitrogens with zero attached hydrogens (tertiary/aromatic N) is 4. The summed E-state index contributed by atoms with van der Waals surface area (Å²) in [5.74, 6) is -0.462. The molecule has 0 saturated heterocycles. The van der Waals surface area contributed by atoms with Gasteiger partial charge in [0.1, 0.15) is 23.3 Å². The van der Waals surface area contributed by atoms with Crippen molar-refractivity contribution in [3.63, 3.8) is 0 Å². The Labute approximate surface area is 148 Å². The van der Waals surface area contributed by atoms with Gasteiger partial charge in [0, 0.05) is 25.1 Å². The normalized spacial score (nSPS) is 13.2. The Kier molecular flexibility index (Phi) is 3.93. The van der Waals surface area contributed by atoms with Gasteiger partial charge in [0.15, 0.2) is 0 Å². The number of carbonyl (C=O) groups is 1. The van der Waals surface area contributed by atoms with Crippen molar-refractivity contribution in [2.45, 2.75) is 13.0 Å². The average Bonchev–Trinajstić information content (AvgIpc) is 3.16. The van der Waals surface area contributed by atoms with E-state index < -0.39 is 0 Å². The quantitative estimate of drug-likeness (QED) is 0.772. The number of aromatic amines is 1. The summed E-state index contributed by atoms with van der Waals surface area (Å²) < 4.78 is 13.1. The summed E-state index contributed by atoms with van der Waals surface area (Å²) >= 11 is 0. The third-order valence-electron chi connectivity index (χ3n) is 4.40. The first-order valence-corrected chi connectivity index (χ1v) is 8.14. The van der Waals surface area contributed by atoms with Crippen LogP contribution in [0.4, 0.5) is 4.39 Å². The molecule has 26 heavy (non-hydrogen) atoms. The van der Waals surface area contributed by atoms with Gasteiger partial charge in [-0.25, -0.2) is 4.39 Å². The number of nitrogens with one attached hydrogen (secondary N) is 1. The molecule has 0 spiro atoms. The Morgan fingerprint density at radius 3 is 2.73 bits per heavy atom. The molecule has 0 unspecified atom stereocenters. The van der Waals surface area contributed by atoms with E-state index >= 15 is 0 Å². The first kappa shape index (κ1) is 16.0. The lowest BCUT2D eigenvalue weighted by Gasteiger charge is -2.27. The van der Waals surface area contributed by atoms with Crippen LogP contribution in [-0.4, -0.2) is 32.5 Å². The zero-order valence-electron chi connectivity index (χ0n) is 13.7. The average molecular weight is 347 g/mol. The standard InChI is InChI=1S/C19H14FN5O/c20-14-3-1-12(2-4-14)18-9-13-11-25(8-7-16(13)23-24-18)19(26)17-6-5-15(10-21)22-17/h1-6,9,22H,7-8,11H2. The van der Waals surface area contributed by atoms with Gasteiger partial charge in [-0.05, 0) is 48.0 Å². The van der Waals surface area contributed by atoms with Gasteiger partial charge >= 0.3 is 0 Å². The lowest BCUT2D eigenvalue weighted by atomic mass is 10.0. The molecule has 3 heterocycles. The first-order chi connectivity index (χ1) is 12.6. The molecule has 1 aliphatic heterocycles. The number of amides is 1. The SMILES string of the molecule is N#Cc1ccc(C(=O)N2CCc3nnc(-c4ccc(F)cc4)cc3C2)[nH]1. The van der Waals surface area contributed by atoms with E-state index in [0.717, 1.165) is 16.8 Å². The van der Waals surface area contributed by atoms with E-state index in [1.54, 1.807) is 29.2 Å². The predicted molar refractivity (Wildman–Crippen MR) is 91.4 cm³/mol. The van der Waals surface area contributed by atoms with Gasteiger partial charge in [-0.3, -0.25) is 4.79 Å². The minimum atomic E-state index is -0.306. The second-order valence-electron chi connectivity index (χ2n) is 6.08. The van der Waals surface area contributed by atoms with Gasteiger partial charge in [-0.1, -0.05) is 0 Å². The number of benzene rings is 1. The fourth-order valence-corrected chi connectivity index (χ4v) is 3.02. The molecule has 3 aromatic rings. The van der Waals surface area contributed by atoms with Crippen molar-refractivity contribution >= 4 is 5.91 Å². The predicted octanol–water partition coefficient (Wildman–Crippen LogP) is 2.68. The summed E-state index contributed by atoms with van der Waals surface area (Å²) in [6, 6.07) is 13.1. The maximum atomic E-state index is 13.1. The lowest BCUT2D eigenvalue weighted by Crippen LogP contribution is -2.36. The van der Waals surface area contributed by atoms with Crippen molar-refractivity contribution in [2.24, 2.45) is 0 Å². The zero-order chi connectivity index (χ0) is 18.1. The van der Waals surface area contributed by atoms with E-state index in [9.17, 15) is 9.18 Å². The number of aromatic nitrogens is 3. The highest BCUT2D eigenvalue weighted by Crippen LogP contribution is 2.23. The van der Waals surface area contributed by atoms with Crippen LogP contribution in [0.25, 0.3) is 11.3 Å². The maximum Gasteiger partial charge on any atom is 0.270 e. The Morgan fingerprint density at radius 1 is 1.19 bits per heavy atom. The highest BCUT2D eigenvalue weighted by atomic mass is 19.1. The maximum absolute atomic E-state index is 13.1. The Morgan fingerprint density at radius 2 is 2.00 bits per heavy atom. The van der Waals surface area contributed by atoms with E-state index in [1.807, 2.05) is 12.1 Å². The van der Waals surface area contributed by atoms with E-state index in [-0.39, 0.29) is 11.7 Å². The van der Waals surface area contributed by atoms with Crippen molar-refractivity contribution in [1.82, 2.24) is 20.1 Å². The monoisotopic (exact) mass is 347 g/mol. The van der Waals surface area contributed by atoms with Crippen molar-refractivity contribution in [2.75, 3.05) is 6.54 Å². The zero-order valence-corrected chi connectivity index (χ0v) is 13.7. The van der Waals surface area contributed by atoms with Gasteiger partial charge < -0.3 is 9.88 Å². The number of nitriles is 1. The van der Waals surface area contributed by atoms with Gasteiger partial charge in [0.2, 0.25) is 0 Å². The molecule has 1 N–H and O–H groups in total. The second kappa shape index (κ2) is 6.41. The van der Waals surface area contributed by atoms with Crippen molar-refractivity contribution < 1.29 is 9.18 Å². The number of hydrogen-bond donors (Lipinski definition) is 1. The minimum absolute atomic E-state index is 0.155. The second-order valence-corrected chi connectivity index (χ2v) is 6.08. The smallest absolute Gasteiger partial charge is 0.270 e. The number of H-pyrrole nitrogens is 1. The molecule has 0 radical (unpaired) electrons. The van der Waals surface area contributed by atoms with Gasteiger partial charge in [0.05, 0.1) is 11.4 Å². The summed E-state index contributed by atoms with van der Waals surface area (Å²) in [5, 5.41) is 17.4. The summed E-state index contributed by atoms with van der Waals surface area (Å²) in [5.41, 5.74) is 3.95. The Hall–Kier alpha value is -3.53. The lowest BCUT2D eigenvalue weighted by molar-refractivity contribution is 0.0728. The Bertz CT molecular complexity index is 1020. The molecule has 7 heteroatoms. The molecular weight excluding hydrogens is 333 g/mol. The minimum Gasteiger partial charge on any atom is -0.342 e. The summed E-state index contributed by atoms with van der Waals surface area (Å²) in [6.07, 6.45) is 0.615. The molecule has 0 fully saturated rings. The van der Waals surface area contributed by atoms with Crippen LogP contribution in [0.15, 0.2) is 42.5 Å². The summed E-state index contributed by atoms with van der Waals surface area (Å²) in [4.78, 5) is 17.2. The van der Waals surface area contributed by atoms with Crippen LogP contribution in [0.5, 0.6) is 0 Å². The van der Waals surface area contributed by atoms with Gasteiger partial charge in [-0.15, -0.1) is 0 Å². The third kappa shape index (κ3) is 2.93. The van der Waals surface area contributed by atoms with Crippen LogP contribution in [0.3, 0.4) is 0 Å². The van der Waals surface area contributed by atoms with Crippen molar-refractivity contribution in [3.05, 3.63) is 70.9 Å². The van der Waals surface area contributed by atoms with Gasteiger partial charge in [-0.2, -0.15) is 15.5 Å². The van der Waals surface area contributed by atoms with E-state index in [0.29, 0.717) is 36.6 Å². The van der Waals surface area contributed by atoms with Crippen LogP contribution >= 0.6 is 0 Å². The molecule has 1 amide bonds. The third-order valence-corrected chi connectivity index (χ3v) is 4.40. The molecule has 6 nitrogen and oxygen atoms in total. The Balaban J connectivity index is 1.59. The number of hydrogen-bond acceptors (Lipinski definition) is 4. The first-order valence-electron chi connectivity index (χ1n) is 8.14. The largest absolute Gasteiger partial charge is 0.342 e. The van der Waals surface area contributed by atoms with Crippen LogP contribution in [-0.2, 0) is 13.0 Å². The summed E-state index contributed by atoms with van der Waals surface area (Å²) in [7, 11) is 0. The highest BCUT2D eigenvalue weighted by molar-refractivity contribution is 5.92. The molecule has 0 aliphatic carbocycles. The molecule has 1 aliphatic rings. The van der Waals surface area contributed by atoms with Crippen molar-refractivity contribution in [1.29, 1.82) is 5.26 Å². The van der Waals surface area contributed by atoms with E-state index in [4.69, 9.17) is 5.26 Å².